The van der Waals surface area contributed by atoms with Crippen LogP contribution in [0, 0.1) is 5.82 Å². The molecule has 41 heavy (non-hydrogen) atoms. The van der Waals surface area contributed by atoms with Crippen molar-refractivity contribution in [1.82, 2.24) is 30.0 Å². The molecule has 2 N–H and O–H groups in total. The molecule has 0 bridgehead atoms. The van der Waals surface area contributed by atoms with Gasteiger partial charge < -0.3 is 15.5 Å². The highest BCUT2D eigenvalue weighted by molar-refractivity contribution is 6.06. The highest BCUT2D eigenvalue weighted by atomic mass is 19.4. The van der Waals surface area contributed by atoms with Crippen LogP contribution in [-0.2, 0) is 24.4 Å². The lowest BCUT2D eigenvalue weighted by Gasteiger charge is -2.27. The second-order valence-electron chi connectivity index (χ2n) is 9.43. The number of alkyl halides is 3. The van der Waals surface area contributed by atoms with Gasteiger partial charge in [0.2, 0.25) is 5.91 Å². The van der Waals surface area contributed by atoms with Gasteiger partial charge in [0.25, 0.3) is 5.91 Å². The van der Waals surface area contributed by atoms with Crippen LogP contribution in [0.2, 0.25) is 0 Å². The number of rotatable bonds is 6. The number of halogens is 4. The second-order valence-corrected chi connectivity index (χ2v) is 9.43. The van der Waals surface area contributed by atoms with E-state index in [-0.39, 0.29) is 35.2 Å². The average molecular weight is 568 g/mol. The van der Waals surface area contributed by atoms with E-state index in [1.807, 2.05) is 0 Å². The van der Waals surface area contributed by atoms with Crippen molar-refractivity contribution >= 4 is 17.5 Å². The Hall–Kier alpha value is -4.65. The van der Waals surface area contributed by atoms with Crippen LogP contribution in [0.5, 0.6) is 0 Å². The number of anilines is 1. The lowest BCUT2D eigenvalue weighted by atomic mass is 9.99. The van der Waals surface area contributed by atoms with Crippen molar-refractivity contribution in [3.8, 4) is 22.5 Å². The molecule has 212 valence electrons. The molecule has 2 amide bonds. The molecule has 0 unspecified atom stereocenters. The Morgan fingerprint density at radius 1 is 1.07 bits per heavy atom. The molecule has 1 aliphatic heterocycles. The van der Waals surface area contributed by atoms with E-state index in [2.05, 4.69) is 25.7 Å². The van der Waals surface area contributed by atoms with E-state index in [0.29, 0.717) is 37.8 Å². The van der Waals surface area contributed by atoms with Gasteiger partial charge in [0.05, 0.1) is 40.8 Å². The van der Waals surface area contributed by atoms with Crippen molar-refractivity contribution in [2.24, 2.45) is 7.05 Å². The summed E-state index contributed by atoms with van der Waals surface area (Å²) in [5.41, 5.74) is -1.42. The number of benzene rings is 2. The van der Waals surface area contributed by atoms with Gasteiger partial charge in [-0.2, -0.15) is 18.3 Å². The molecule has 3 heterocycles. The Balaban J connectivity index is 1.48. The molecule has 2 aromatic heterocycles. The first-order valence-corrected chi connectivity index (χ1v) is 12.7. The van der Waals surface area contributed by atoms with Crippen molar-refractivity contribution in [3.05, 3.63) is 83.7 Å². The van der Waals surface area contributed by atoms with Crippen LogP contribution in [0.1, 0.15) is 21.7 Å². The van der Waals surface area contributed by atoms with Crippen LogP contribution >= 0.6 is 0 Å². The Kier molecular flexibility index (Phi) is 7.79. The Bertz CT molecular complexity index is 1580. The first-order valence-electron chi connectivity index (χ1n) is 12.7. The maximum absolute atomic E-state index is 15.0. The summed E-state index contributed by atoms with van der Waals surface area (Å²) in [5.74, 6) is -2.27. The lowest BCUT2D eigenvalue weighted by Crippen LogP contribution is -2.47. The Morgan fingerprint density at radius 2 is 1.80 bits per heavy atom. The monoisotopic (exact) mass is 567 g/mol. The smallest absolute Gasteiger partial charge is 0.340 e. The summed E-state index contributed by atoms with van der Waals surface area (Å²) < 4.78 is 57.5. The topological polar surface area (TPSA) is 105 Å². The molecule has 1 saturated heterocycles. The molecule has 0 atom stereocenters. The molecule has 2 aromatic carbocycles. The van der Waals surface area contributed by atoms with Gasteiger partial charge in [-0.25, -0.2) is 14.4 Å². The summed E-state index contributed by atoms with van der Waals surface area (Å²) in [6.45, 7) is 2.51. The van der Waals surface area contributed by atoms with Crippen molar-refractivity contribution < 1.29 is 27.2 Å². The van der Waals surface area contributed by atoms with Crippen molar-refractivity contribution in [2.75, 3.05) is 31.5 Å². The van der Waals surface area contributed by atoms with Crippen molar-refractivity contribution in [3.63, 3.8) is 0 Å². The van der Waals surface area contributed by atoms with E-state index >= 15 is 0 Å². The van der Waals surface area contributed by atoms with E-state index in [1.165, 1.54) is 30.2 Å². The largest absolute Gasteiger partial charge is 0.417 e. The molecule has 0 saturated carbocycles. The van der Waals surface area contributed by atoms with Crippen LogP contribution in [0.3, 0.4) is 0 Å². The van der Waals surface area contributed by atoms with E-state index in [9.17, 15) is 27.2 Å². The quantitative estimate of drug-likeness (QED) is 0.342. The predicted molar refractivity (Wildman–Crippen MR) is 142 cm³/mol. The number of carbonyl (C=O) groups is 2. The fraction of sp³-hybridized carbons (Fsp3) is 0.250. The summed E-state index contributed by atoms with van der Waals surface area (Å²) in [7, 11) is 1.53. The number of aryl methyl sites for hydroxylation is 1. The molecule has 1 fully saturated rings. The normalized spacial score (nSPS) is 13.7. The number of nitrogens with zero attached hydrogens (tertiary/aromatic N) is 5. The molecule has 9 nitrogen and oxygen atoms in total. The van der Waals surface area contributed by atoms with Gasteiger partial charge in [0.15, 0.2) is 0 Å². The summed E-state index contributed by atoms with van der Waals surface area (Å²) in [6, 6.07) is 11.2. The molecule has 13 heteroatoms. The average Bonchev–Trinajstić information content (AvgIpc) is 3.40. The van der Waals surface area contributed by atoms with Crippen LogP contribution in [0.4, 0.5) is 23.2 Å². The predicted octanol–water partition coefficient (Wildman–Crippen LogP) is 3.93. The summed E-state index contributed by atoms with van der Waals surface area (Å²) in [4.78, 5) is 36.5. The maximum atomic E-state index is 15.0. The minimum atomic E-state index is -4.88. The van der Waals surface area contributed by atoms with Crippen LogP contribution in [0.15, 0.2) is 60.9 Å². The van der Waals surface area contributed by atoms with Gasteiger partial charge >= 0.3 is 6.18 Å². The Labute approximate surface area is 232 Å². The highest BCUT2D eigenvalue weighted by Crippen LogP contribution is 2.38. The minimum absolute atomic E-state index is 0.0605. The fourth-order valence-electron chi connectivity index (χ4n) is 4.51. The zero-order valence-electron chi connectivity index (χ0n) is 21.9. The molecular formula is C28H25F4N7O2. The molecule has 0 radical (unpaired) electrons. The molecular weight excluding hydrogens is 542 g/mol. The highest BCUT2D eigenvalue weighted by Gasteiger charge is 2.36. The van der Waals surface area contributed by atoms with Gasteiger partial charge in [-0.05, 0) is 18.2 Å². The Morgan fingerprint density at radius 3 is 2.46 bits per heavy atom. The number of carbonyl (C=O) groups excluding carboxylic acids is 2. The van der Waals surface area contributed by atoms with Crippen LogP contribution in [0.25, 0.3) is 22.5 Å². The molecule has 5 rings (SSSR count). The van der Waals surface area contributed by atoms with Gasteiger partial charge in [0, 0.05) is 50.6 Å². The maximum Gasteiger partial charge on any atom is 0.417 e. The third-order valence-corrected chi connectivity index (χ3v) is 6.56. The lowest BCUT2D eigenvalue weighted by molar-refractivity contribution is -0.137. The third kappa shape index (κ3) is 6.24. The van der Waals surface area contributed by atoms with E-state index in [4.69, 9.17) is 0 Å². The molecule has 0 aliphatic carbocycles. The first kappa shape index (κ1) is 27.9. The summed E-state index contributed by atoms with van der Waals surface area (Å²) in [5, 5.41) is 9.71. The van der Waals surface area contributed by atoms with Gasteiger partial charge in [-0.1, -0.05) is 30.3 Å². The van der Waals surface area contributed by atoms with Gasteiger partial charge in [-0.3, -0.25) is 14.3 Å². The standard InChI is InChI=1S/C28H25F4N7O2/c1-38-10-7-22(37-38)18-13-19(21(29)14-20(18)28(30,31)32)27(41)35-23-16-34-24(15-25(40)39-11-8-33-9-12-39)36-26(23)17-5-3-2-4-6-17/h2-7,10,13-14,16,33H,8-9,11-12,15H2,1H3,(H,35,41). The van der Waals surface area contributed by atoms with Crippen molar-refractivity contribution in [1.29, 1.82) is 0 Å². The number of amides is 2. The molecule has 1 aliphatic rings. The van der Waals surface area contributed by atoms with Gasteiger partial charge in [-0.15, -0.1) is 0 Å². The number of hydrogen-bond donors (Lipinski definition) is 2. The van der Waals surface area contributed by atoms with Crippen LogP contribution < -0.4 is 10.6 Å². The summed E-state index contributed by atoms with van der Waals surface area (Å²) in [6.07, 6.45) is -2.20. The van der Waals surface area contributed by atoms with Gasteiger partial charge in [0.1, 0.15) is 11.6 Å². The zero-order valence-corrected chi connectivity index (χ0v) is 21.9. The number of aromatic nitrogens is 4. The van der Waals surface area contributed by atoms with E-state index < -0.39 is 34.6 Å². The van der Waals surface area contributed by atoms with Crippen molar-refractivity contribution in [2.45, 2.75) is 12.6 Å². The number of hydrogen-bond acceptors (Lipinski definition) is 6. The molecule has 0 spiro atoms. The zero-order chi connectivity index (χ0) is 29.1. The van der Waals surface area contributed by atoms with E-state index in [0.717, 1.165) is 6.07 Å². The molecule has 4 aromatic rings. The SMILES string of the molecule is Cn1ccc(-c2cc(C(=O)Nc3cnc(CC(=O)N4CCNCC4)nc3-c3ccccc3)c(F)cc2C(F)(F)F)n1. The summed E-state index contributed by atoms with van der Waals surface area (Å²) >= 11 is 0. The minimum Gasteiger partial charge on any atom is -0.340 e. The number of piperazine rings is 1. The third-order valence-electron chi connectivity index (χ3n) is 6.56. The first-order chi connectivity index (χ1) is 19.6. The fourth-order valence-corrected chi connectivity index (χ4v) is 4.51. The van der Waals surface area contributed by atoms with E-state index in [1.54, 1.807) is 35.2 Å². The number of nitrogens with one attached hydrogen (secondary N) is 2. The van der Waals surface area contributed by atoms with Crippen LogP contribution in [-0.4, -0.2) is 62.6 Å². The second kappa shape index (κ2) is 11.5.